The highest BCUT2D eigenvalue weighted by Gasteiger charge is 2.33. The number of nitrogens with zero attached hydrogens (tertiary/aromatic N) is 2. The number of rotatable bonds is 6. The Bertz CT molecular complexity index is 1400. The smallest absolute Gasteiger partial charge is 0.433 e. The summed E-state index contributed by atoms with van der Waals surface area (Å²) in [5.41, 5.74) is 5.40. The minimum atomic E-state index is -4.64. The van der Waals surface area contributed by atoms with Crippen molar-refractivity contribution in [1.29, 1.82) is 0 Å². The second-order valence-electron chi connectivity index (χ2n) is 7.28. The van der Waals surface area contributed by atoms with Gasteiger partial charge in [0, 0.05) is 33.1 Å². The molecule has 7 nitrogen and oxygen atoms in total. The first-order valence-corrected chi connectivity index (χ1v) is 10.9. The van der Waals surface area contributed by atoms with E-state index >= 15 is 0 Å². The third-order valence-electron chi connectivity index (χ3n) is 5.15. The third-order valence-corrected chi connectivity index (χ3v) is 5.85. The topological polar surface area (TPSA) is 103 Å². The van der Waals surface area contributed by atoms with Crippen LogP contribution in [0, 0.1) is 0 Å². The number of benzene rings is 2. The summed E-state index contributed by atoms with van der Waals surface area (Å²) in [5, 5.41) is 3.73. The molecule has 0 unspecified atom stereocenters. The number of ether oxygens (including phenoxy) is 1. The van der Waals surface area contributed by atoms with Crippen LogP contribution in [0.4, 0.5) is 13.2 Å². The minimum absolute atomic E-state index is 0.0133. The first kappa shape index (κ1) is 24.8. The lowest BCUT2D eigenvalue weighted by Gasteiger charge is -2.11. The Labute approximate surface area is 207 Å². The summed E-state index contributed by atoms with van der Waals surface area (Å²) in [6, 6.07) is 10.0. The number of nitrogens with two attached hydrogens (primary N) is 1. The van der Waals surface area contributed by atoms with E-state index in [2.05, 4.69) is 15.3 Å². The van der Waals surface area contributed by atoms with E-state index in [1.807, 2.05) is 0 Å². The minimum Gasteiger partial charge on any atom is -0.494 e. The zero-order chi connectivity index (χ0) is 25.3. The molecule has 12 heteroatoms. The highest BCUT2D eigenvalue weighted by atomic mass is 35.5. The van der Waals surface area contributed by atoms with Gasteiger partial charge in [0.05, 0.1) is 13.7 Å². The third kappa shape index (κ3) is 4.90. The number of hydrogen-bond acceptors (Lipinski definition) is 6. The summed E-state index contributed by atoms with van der Waals surface area (Å²) >= 11 is 12.3. The quantitative estimate of drug-likeness (QED) is 0.339. The van der Waals surface area contributed by atoms with Gasteiger partial charge in [0.2, 0.25) is 5.89 Å². The van der Waals surface area contributed by atoms with Gasteiger partial charge in [0.1, 0.15) is 17.0 Å². The average Bonchev–Trinajstić information content (AvgIpc) is 3.26. The van der Waals surface area contributed by atoms with Crippen LogP contribution in [0.2, 0.25) is 10.0 Å². The fourth-order valence-electron chi connectivity index (χ4n) is 3.44. The normalized spacial score (nSPS) is 11.6. The Morgan fingerprint density at radius 2 is 1.83 bits per heavy atom. The molecular formula is C23H17Cl2F3N4O3. The van der Waals surface area contributed by atoms with Crippen LogP contribution in [0.15, 0.2) is 46.9 Å². The van der Waals surface area contributed by atoms with Crippen molar-refractivity contribution in [3.63, 3.8) is 0 Å². The second kappa shape index (κ2) is 9.73. The Balaban J connectivity index is 1.72. The van der Waals surface area contributed by atoms with Crippen LogP contribution in [0.1, 0.15) is 27.5 Å². The molecule has 0 aliphatic heterocycles. The van der Waals surface area contributed by atoms with Gasteiger partial charge in [-0.1, -0.05) is 29.3 Å². The number of carbonyl (C=O) groups is 1. The SMILES string of the molecule is COc1ccc(-c2nc(C(=O)NCc3c(Cl)cccc3Cl)c(CN)o2)c2ccc(C(F)(F)F)nc12. The zero-order valence-corrected chi connectivity index (χ0v) is 19.6. The standard InChI is InChI=1S/C23H17Cl2F3N4O3/c1-34-16-7-5-12(11-6-8-18(23(26,27)28)31-19(11)16)22-32-20(17(9-29)35-22)21(33)30-10-13-14(24)3-2-4-15(13)25/h2-8H,9-10,29H2,1H3,(H,30,33). The van der Waals surface area contributed by atoms with Gasteiger partial charge in [-0.05, 0) is 36.4 Å². The molecule has 0 radical (unpaired) electrons. The van der Waals surface area contributed by atoms with E-state index in [0.29, 0.717) is 21.2 Å². The van der Waals surface area contributed by atoms with Crippen molar-refractivity contribution < 1.29 is 27.1 Å². The van der Waals surface area contributed by atoms with Gasteiger partial charge in [-0.25, -0.2) is 9.97 Å². The molecule has 0 atom stereocenters. The molecule has 4 aromatic rings. The summed E-state index contributed by atoms with van der Waals surface area (Å²) in [4.78, 5) is 20.8. The fourth-order valence-corrected chi connectivity index (χ4v) is 3.97. The summed E-state index contributed by atoms with van der Waals surface area (Å²) in [6.07, 6.45) is -4.64. The zero-order valence-electron chi connectivity index (χ0n) is 18.0. The molecule has 0 saturated heterocycles. The largest absolute Gasteiger partial charge is 0.494 e. The molecule has 0 fully saturated rings. The van der Waals surface area contributed by atoms with Crippen LogP contribution in [-0.2, 0) is 19.3 Å². The van der Waals surface area contributed by atoms with Gasteiger partial charge in [0.15, 0.2) is 11.5 Å². The molecule has 0 aliphatic rings. The predicted molar refractivity (Wildman–Crippen MR) is 124 cm³/mol. The maximum atomic E-state index is 13.2. The molecule has 0 saturated carbocycles. The number of carbonyl (C=O) groups excluding carboxylic acids is 1. The van der Waals surface area contributed by atoms with Crippen LogP contribution >= 0.6 is 23.2 Å². The van der Waals surface area contributed by atoms with Crippen molar-refractivity contribution in [1.82, 2.24) is 15.3 Å². The van der Waals surface area contributed by atoms with Crippen molar-refractivity contribution in [3.05, 3.63) is 75.2 Å². The molecule has 2 aromatic carbocycles. The molecule has 2 heterocycles. The van der Waals surface area contributed by atoms with E-state index in [0.717, 1.165) is 6.07 Å². The van der Waals surface area contributed by atoms with Crippen molar-refractivity contribution in [2.45, 2.75) is 19.3 Å². The molecule has 0 spiro atoms. The van der Waals surface area contributed by atoms with E-state index < -0.39 is 17.8 Å². The Morgan fingerprint density at radius 1 is 1.11 bits per heavy atom. The van der Waals surface area contributed by atoms with Crippen LogP contribution in [-0.4, -0.2) is 23.0 Å². The van der Waals surface area contributed by atoms with Crippen molar-refractivity contribution in [3.8, 4) is 17.2 Å². The Kier molecular flexibility index (Phi) is 6.88. The maximum absolute atomic E-state index is 13.2. The van der Waals surface area contributed by atoms with Gasteiger partial charge in [-0.15, -0.1) is 0 Å². The summed E-state index contributed by atoms with van der Waals surface area (Å²) in [7, 11) is 1.32. The lowest BCUT2D eigenvalue weighted by molar-refractivity contribution is -0.140. The lowest BCUT2D eigenvalue weighted by atomic mass is 10.1. The van der Waals surface area contributed by atoms with Gasteiger partial charge >= 0.3 is 6.18 Å². The first-order valence-electron chi connectivity index (χ1n) is 10.1. The first-order chi connectivity index (χ1) is 16.6. The fraction of sp³-hybridized carbons (Fsp3) is 0.174. The number of aromatic nitrogens is 2. The van der Waals surface area contributed by atoms with E-state index in [1.165, 1.54) is 19.2 Å². The van der Waals surface area contributed by atoms with Crippen molar-refractivity contribution >= 4 is 40.0 Å². The summed E-state index contributed by atoms with van der Waals surface area (Å²) in [5.74, 6) is -0.381. The second-order valence-corrected chi connectivity index (χ2v) is 8.10. The van der Waals surface area contributed by atoms with Crippen LogP contribution in [0.25, 0.3) is 22.4 Å². The molecule has 3 N–H and O–H groups in total. The number of amides is 1. The number of pyridine rings is 1. The molecular weight excluding hydrogens is 508 g/mol. The van der Waals surface area contributed by atoms with Crippen molar-refractivity contribution in [2.24, 2.45) is 5.73 Å². The molecule has 2 aromatic heterocycles. The Morgan fingerprint density at radius 3 is 2.46 bits per heavy atom. The number of fused-ring (bicyclic) bond motifs is 1. The molecule has 35 heavy (non-hydrogen) atoms. The Hall–Kier alpha value is -3.34. The summed E-state index contributed by atoms with van der Waals surface area (Å²) in [6.45, 7) is -0.119. The molecule has 0 aliphatic carbocycles. The number of alkyl halides is 3. The number of methoxy groups -OCH3 is 1. The monoisotopic (exact) mass is 524 g/mol. The number of hydrogen-bond donors (Lipinski definition) is 2. The van der Waals surface area contributed by atoms with Gasteiger partial charge < -0.3 is 20.2 Å². The van der Waals surface area contributed by atoms with E-state index in [9.17, 15) is 18.0 Å². The van der Waals surface area contributed by atoms with E-state index in [-0.39, 0.29) is 47.1 Å². The van der Waals surface area contributed by atoms with Crippen LogP contribution < -0.4 is 15.8 Å². The maximum Gasteiger partial charge on any atom is 0.433 e. The average molecular weight is 525 g/mol. The van der Waals surface area contributed by atoms with Gasteiger partial charge in [-0.3, -0.25) is 4.79 Å². The highest BCUT2D eigenvalue weighted by molar-refractivity contribution is 6.36. The van der Waals surface area contributed by atoms with Crippen molar-refractivity contribution in [2.75, 3.05) is 7.11 Å². The molecule has 4 rings (SSSR count). The lowest BCUT2D eigenvalue weighted by Crippen LogP contribution is -2.25. The van der Waals surface area contributed by atoms with Gasteiger partial charge in [-0.2, -0.15) is 13.2 Å². The molecule has 0 bridgehead atoms. The van der Waals surface area contributed by atoms with Crippen LogP contribution in [0.3, 0.4) is 0 Å². The predicted octanol–water partition coefficient (Wildman–Crippen LogP) is 5.61. The number of halogens is 5. The van der Waals surface area contributed by atoms with E-state index in [4.69, 9.17) is 38.1 Å². The number of oxazole rings is 1. The number of nitrogens with one attached hydrogen (secondary N) is 1. The van der Waals surface area contributed by atoms with Crippen LogP contribution in [0.5, 0.6) is 5.75 Å². The van der Waals surface area contributed by atoms with Gasteiger partial charge in [0.25, 0.3) is 5.91 Å². The summed E-state index contributed by atoms with van der Waals surface area (Å²) < 4.78 is 50.5. The molecule has 182 valence electrons. The molecule has 1 amide bonds. The highest BCUT2D eigenvalue weighted by Crippen LogP contribution is 2.37. The van der Waals surface area contributed by atoms with E-state index in [1.54, 1.807) is 24.3 Å².